The maximum Gasteiger partial charge on any atom is 0.257 e. The molecule has 29 heavy (non-hydrogen) atoms. The largest absolute Gasteiger partial charge is 0.298 e. The number of aromatic nitrogens is 2. The van der Waals surface area contributed by atoms with Crippen molar-refractivity contribution in [2.45, 2.75) is 37.0 Å². The maximum absolute atomic E-state index is 12.5. The highest BCUT2D eigenvalue weighted by molar-refractivity contribution is 7.98. The van der Waals surface area contributed by atoms with Crippen LogP contribution in [0.5, 0.6) is 0 Å². The summed E-state index contributed by atoms with van der Waals surface area (Å²) in [5, 5.41) is 7.70. The van der Waals surface area contributed by atoms with Crippen LogP contribution in [-0.2, 0) is 12.3 Å². The molecule has 2 aromatic heterocycles. The second-order valence-corrected chi connectivity index (χ2v) is 9.98. The molecule has 5 nitrogen and oxygen atoms in total. The Kier molecular flexibility index (Phi) is 6.97. The number of rotatable bonds is 7. The van der Waals surface area contributed by atoms with Gasteiger partial charge >= 0.3 is 0 Å². The Bertz CT molecular complexity index is 916. The predicted molar refractivity (Wildman–Crippen MR) is 122 cm³/mol. The molecule has 0 bridgehead atoms. The number of likely N-dealkylation sites (tertiary alicyclic amines) is 1. The Labute approximate surface area is 183 Å². The van der Waals surface area contributed by atoms with Crippen molar-refractivity contribution in [1.82, 2.24) is 14.9 Å². The number of nitrogens with one attached hydrogen (secondary N) is 1. The molecule has 0 spiro atoms. The Hall–Kier alpha value is -1.74. The highest BCUT2D eigenvalue weighted by Crippen LogP contribution is 2.24. The molecule has 8 heteroatoms. The number of nitrogens with zero attached hydrogens (tertiary/aromatic N) is 3. The summed E-state index contributed by atoms with van der Waals surface area (Å²) in [6, 6.07) is 7.69. The molecular formula is C21H24N4OS3. The summed E-state index contributed by atoms with van der Waals surface area (Å²) in [6.45, 7) is 5.45. The van der Waals surface area contributed by atoms with E-state index in [9.17, 15) is 4.79 Å². The lowest BCUT2D eigenvalue weighted by atomic mass is 9.99. The number of hydrogen-bond acceptors (Lipinski definition) is 7. The summed E-state index contributed by atoms with van der Waals surface area (Å²) in [4.78, 5) is 25.0. The van der Waals surface area contributed by atoms with Gasteiger partial charge in [0.25, 0.3) is 5.91 Å². The molecule has 1 saturated heterocycles. The average Bonchev–Trinajstić information content (AvgIpc) is 3.41. The number of thiazole rings is 2. The van der Waals surface area contributed by atoms with Crippen molar-refractivity contribution in [2.75, 3.05) is 18.4 Å². The number of thioether (sulfide) groups is 1. The van der Waals surface area contributed by atoms with E-state index in [0.29, 0.717) is 10.7 Å². The van der Waals surface area contributed by atoms with Gasteiger partial charge in [0.1, 0.15) is 0 Å². The first-order valence-corrected chi connectivity index (χ1v) is 12.5. The molecule has 3 aromatic rings. The number of amides is 1. The highest BCUT2D eigenvalue weighted by Gasteiger charge is 2.17. The predicted octanol–water partition coefficient (Wildman–Crippen LogP) is 5.38. The molecular weight excluding hydrogens is 420 g/mol. The molecule has 1 aliphatic rings. The molecule has 1 aromatic carbocycles. The third-order valence-corrected chi connectivity index (χ3v) is 7.51. The van der Waals surface area contributed by atoms with Crippen LogP contribution < -0.4 is 5.32 Å². The van der Waals surface area contributed by atoms with E-state index >= 15 is 0 Å². The van der Waals surface area contributed by atoms with E-state index in [2.05, 4.69) is 32.5 Å². The van der Waals surface area contributed by atoms with Crippen molar-refractivity contribution < 1.29 is 4.79 Å². The SMILES string of the molecule is CC1CCN(Cc2csc(NC(=O)c3ccc(SCc4cscn4)cc3)n2)CC1. The summed E-state index contributed by atoms with van der Waals surface area (Å²) in [5.74, 6) is 1.55. The Morgan fingerprint density at radius 2 is 2.00 bits per heavy atom. The van der Waals surface area contributed by atoms with Crippen LogP contribution in [0.1, 0.15) is 41.5 Å². The first kappa shape index (κ1) is 20.5. The van der Waals surface area contributed by atoms with Gasteiger partial charge in [-0.25, -0.2) is 9.97 Å². The molecule has 0 atom stereocenters. The fraction of sp³-hybridized carbons (Fsp3) is 0.381. The lowest BCUT2D eigenvalue weighted by Crippen LogP contribution is -2.32. The molecule has 3 heterocycles. The summed E-state index contributed by atoms with van der Waals surface area (Å²) in [7, 11) is 0. The quantitative estimate of drug-likeness (QED) is 0.496. The number of piperidine rings is 1. The van der Waals surface area contributed by atoms with E-state index in [1.165, 1.54) is 24.2 Å². The van der Waals surface area contributed by atoms with Crippen LogP contribution in [0.3, 0.4) is 0 Å². The molecule has 0 aliphatic carbocycles. The second kappa shape index (κ2) is 9.84. The van der Waals surface area contributed by atoms with Crippen molar-refractivity contribution in [3.8, 4) is 0 Å². The molecule has 0 saturated carbocycles. The van der Waals surface area contributed by atoms with Crippen molar-refractivity contribution in [1.29, 1.82) is 0 Å². The van der Waals surface area contributed by atoms with Crippen molar-refractivity contribution in [3.63, 3.8) is 0 Å². The fourth-order valence-corrected chi connectivity index (χ4v) is 5.39. The van der Waals surface area contributed by atoms with E-state index in [1.54, 1.807) is 23.1 Å². The Morgan fingerprint density at radius 1 is 1.21 bits per heavy atom. The topological polar surface area (TPSA) is 58.1 Å². The highest BCUT2D eigenvalue weighted by atomic mass is 32.2. The first-order chi connectivity index (χ1) is 14.2. The maximum atomic E-state index is 12.5. The summed E-state index contributed by atoms with van der Waals surface area (Å²) in [6.07, 6.45) is 2.51. The smallest absolute Gasteiger partial charge is 0.257 e. The standard InChI is InChI=1S/C21H24N4OS3/c1-15-6-8-25(9-7-15)10-17-12-29-21(23-17)24-20(26)16-2-4-19(5-3-16)28-13-18-11-27-14-22-18/h2-5,11-12,14-15H,6-10,13H2,1H3,(H,23,24,26). The van der Waals surface area contributed by atoms with Crippen molar-refractivity contribution in [3.05, 3.63) is 57.5 Å². The molecule has 1 aliphatic heterocycles. The van der Waals surface area contributed by atoms with Crippen LogP contribution in [0.15, 0.2) is 45.4 Å². The minimum atomic E-state index is -0.117. The van der Waals surface area contributed by atoms with Crippen LogP contribution in [-0.4, -0.2) is 33.9 Å². The van der Waals surface area contributed by atoms with Crippen LogP contribution in [0, 0.1) is 5.92 Å². The third-order valence-electron chi connectivity index (χ3n) is 5.02. The van der Waals surface area contributed by atoms with E-state index < -0.39 is 0 Å². The van der Waals surface area contributed by atoms with E-state index in [0.717, 1.165) is 47.6 Å². The zero-order valence-corrected chi connectivity index (χ0v) is 18.8. The number of benzene rings is 1. The van der Waals surface area contributed by atoms with Crippen LogP contribution in [0.2, 0.25) is 0 Å². The Balaban J connectivity index is 1.28. The van der Waals surface area contributed by atoms with Gasteiger partial charge in [-0.3, -0.25) is 15.0 Å². The molecule has 1 amide bonds. The molecule has 1 N–H and O–H groups in total. The van der Waals surface area contributed by atoms with Crippen LogP contribution in [0.4, 0.5) is 5.13 Å². The van der Waals surface area contributed by atoms with Gasteiger partial charge in [0.2, 0.25) is 0 Å². The number of hydrogen-bond donors (Lipinski definition) is 1. The lowest BCUT2D eigenvalue weighted by Gasteiger charge is -2.29. The zero-order valence-electron chi connectivity index (χ0n) is 16.3. The molecule has 4 rings (SSSR count). The number of anilines is 1. The minimum absolute atomic E-state index is 0.117. The van der Waals surface area contributed by atoms with Gasteiger partial charge in [0.15, 0.2) is 5.13 Å². The van der Waals surface area contributed by atoms with Gasteiger partial charge in [-0.2, -0.15) is 0 Å². The number of carbonyl (C=O) groups is 1. The minimum Gasteiger partial charge on any atom is -0.298 e. The van der Waals surface area contributed by atoms with E-state index in [1.807, 2.05) is 35.2 Å². The molecule has 0 radical (unpaired) electrons. The molecule has 1 fully saturated rings. The molecule has 152 valence electrons. The fourth-order valence-electron chi connectivity index (χ4n) is 3.22. The average molecular weight is 445 g/mol. The number of carbonyl (C=O) groups excluding carboxylic acids is 1. The first-order valence-electron chi connectivity index (χ1n) is 9.74. The Morgan fingerprint density at radius 3 is 2.72 bits per heavy atom. The monoisotopic (exact) mass is 444 g/mol. The van der Waals surface area contributed by atoms with Gasteiger partial charge in [0.05, 0.1) is 16.9 Å². The third kappa shape index (κ3) is 5.88. The normalized spacial score (nSPS) is 15.5. The van der Waals surface area contributed by atoms with E-state index in [-0.39, 0.29) is 5.91 Å². The van der Waals surface area contributed by atoms with Gasteiger partial charge in [0, 0.05) is 33.5 Å². The summed E-state index contributed by atoms with van der Waals surface area (Å²) in [5.41, 5.74) is 4.61. The second-order valence-electron chi connectivity index (χ2n) is 7.35. The molecule has 0 unspecified atom stereocenters. The van der Waals surface area contributed by atoms with Crippen LogP contribution in [0.25, 0.3) is 0 Å². The summed E-state index contributed by atoms with van der Waals surface area (Å²) >= 11 is 4.82. The van der Waals surface area contributed by atoms with Crippen molar-refractivity contribution in [2.24, 2.45) is 5.92 Å². The lowest BCUT2D eigenvalue weighted by molar-refractivity contribution is 0.102. The van der Waals surface area contributed by atoms with Gasteiger partial charge in [-0.15, -0.1) is 34.4 Å². The summed E-state index contributed by atoms with van der Waals surface area (Å²) < 4.78 is 0. The van der Waals surface area contributed by atoms with Gasteiger partial charge in [-0.05, 0) is 56.1 Å². The van der Waals surface area contributed by atoms with Gasteiger partial charge in [-0.1, -0.05) is 6.92 Å². The van der Waals surface area contributed by atoms with Crippen molar-refractivity contribution >= 4 is 45.5 Å². The zero-order chi connectivity index (χ0) is 20.1. The van der Waals surface area contributed by atoms with Crippen LogP contribution >= 0.6 is 34.4 Å². The van der Waals surface area contributed by atoms with Gasteiger partial charge < -0.3 is 0 Å². The van der Waals surface area contributed by atoms with E-state index in [4.69, 9.17) is 0 Å².